The Hall–Kier alpha value is -1.88. The first-order valence-electron chi connectivity index (χ1n) is 8.05. The van der Waals surface area contributed by atoms with Gasteiger partial charge in [0.05, 0.1) is 13.0 Å². The van der Waals surface area contributed by atoms with Crippen molar-refractivity contribution in [3.8, 4) is 0 Å². The van der Waals surface area contributed by atoms with E-state index in [0.717, 1.165) is 31.5 Å². The Labute approximate surface area is 131 Å². The Kier molecular flexibility index (Phi) is 4.73. The van der Waals surface area contributed by atoms with Crippen LogP contribution in [0.2, 0.25) is 0 Å². The molecule has 2 atom stereocenters. The van der Waals surface area contributed by atoms with Crippen molar-refractivity contribution in [2.45, 2.75) is 37.8 Å². The van der Waals surface area contributed by atoms with Gasteiger partial charge >= 0.3 is 0 Å². The highest BCUT2D eigenvalue weighted by atomic mass is 16.2. The Balaban J connectivity index is 1.44. The molecule has 2 fully saturated rings. The molecule has 2 aliphatic rings. The van der Waals surface area contributed by atoms with E-state index in [4.69, 9.17) is 0 Å². The van der Waals surface area contributed by atoms with Crippen molar-refractivity contribution in [2.24, 2.45) is 0 Å². The summed E-state index contributed by atoms with van der Waals surface area (Å²) in [5, 5.41) is 6.30. The van der Waals surface area contributed by atoms with Crippen LogP contribution in [-0.2, 0) is 16.0 Å². The van der Waals surface area contributed by atoms with Crippen molar-refractivity contribution in [1.82, 2.24) is 15.5 Å². The van der Waals surface area contributed by atoms with Crippen LogP contribution in [-0.4, -0.2) is 48.4 Å². The molecule has 2 unspecified atom stereocenters. The van der Waals surface area contributed by atoms with Gasteiger partial charge in [-0.3, -0.25) is 9.59 Å². The zero-order valence-corrected chi connectivity index (χ0v) is 12.8. The van der Waals surface area contributed by atoms with E-state index in [1.54, 1.807) is 0 Å². The summed E-state index contributed by atoms with van der Waals surface area (Å²) in [5.41, 5.74) is 0.962. The number of likely N-dealkylation sites (tertiary alicyclic amines) is 1. The van der Waals surface area contributed by atoms with Gasteiger partial charge in [0.2, 0.25) is 11.8 Å². The minimum absolute atomic E-state index is 0.0239. The molecule has 22 heavy (non-hydrogen) atoms. The van der Waals surface area contributed by atoms with Crippen molar-refractivity contribution < 1.29 is 9.59 Å². The quantitative estimate of drug-likeness (QED) is 0.860. The van der Waals surface area contributed by atoms with Crippen LogP contribution in [0.4, 0.5) is 0 Å². The van der Waals surface area contributed by atoms with Crippen LogP contribution < -0.4 is 10.6 Å². The summed E-state index contributed by atoms with van der Waals surface area (Å²) in [6.07, 6.45) is 3.70. The largest absolute Gasteiger partial charge is 0.347 e. The molecule has 2 heterocycles. The van der Waals surface area contributed by atoms with E-state index in [9.17, 15) is 9.59 Å². The minimum atomic E-state index is -0.103. The molecule has 0 radical (unpaired) electrons. The van der Waals surface area contributed by atoms with Gasteiger partial charge in [-0.25, -0.2) is 0 Å². The number of carbonyl (C=O) groups excluding carboxylic acids is 2. The molecular formula is C17H23N3O2. The Morgan fingerprint density at radius 3 is 2.73 bits per heavy atom. The second-order valence-electron chi connectivity index (χ2n) is 6.21. The molecule has 2 saturated heterocycles. The Morgan fingerprint density at radius 1 is 1.14 bits per heavy atom. The average molecular weight is 301 g/mol. The van der Waals surface area contributed by atoms with Gasteiger partial charge in [0, 0.05) is 25.2 Å². The minimum Gasteiger partial charge on any atom is -0.347 e. The molecule has 2 amide bonds. The summed E-state index contributed by atoms with van der Waals surface area (Å²) >= 11 is 0. The van der Waals surface area contributed by atoms with Crippen LogP contribution in [0.5, 0.6) is 0 Å². The van der Waals surface area contributed by atoms with Crippen LogP contribution in [0.1, 0.15) is 24.8 Å². The third-order valence-corrected chi connectivity index (χ3v) is 4.52. The maximum Gasteiger partial charge on any atom is 0.242 e. The number of fused-ring (bicyclic) bond motifs is 2. The molecule has 0 spiro atoms. The van der Waals surface area contributed by atoms with Crippen molar-refractivity contribution in [3.63, 3.8) is 0 Å². The summed E-state index contributed by atoms with van der Waals surface area (Å²) in [4.78, 5) is 26.1. The van der Waals surface area contributed by atoms with E-state index >= 15 is 0 Å². The van der Waals surface area contributed by atoms with Gasteiger partial charge in [-0.05, 0) is 24.8 Å². The van der Waals surface area contributed by atoms with Crippen molar-refractivity contribution >= 4 is 11.8 Å². The van der Waals surface area contributed by atoms with Crippen LogP contribution in [0.25, 0.3) is 0 Å². The Bertz CT molecular complexity index is 532. The standard InChI is InChI=1S/C17H23N3O2/c21-16(10-13-4-2-1-3-5-13)18-11-17(22)20-9-8-14-6-7-15(12-20)19-14/h1-5,14-15,19H,6-12H2,(H,18,21). The van der Waals surface area contributed by atoms with Crippen molar-refractivity contribution in [3.05, 3.63) is 35.9 Å². The fraction of sp³-hybridized carbons (Fsp3) is 0.529. The number of amides is 2. The Morgan fingerprint density at radius 2 is 1.91 bits per heavy atom. The first kappa shape index (κ1) is 15.0. The molecule has 0 saturated carbocycles. The lowest BCUT2D eigenvalue weighted by molar-refractivity contribution is -0.132. The summed E-state index contributed by atoms with van der Waals surface area (Å²) in [5.74, 6) is -0.0789. The first-order valence-corrected chi connectivity index (χ1v) is 8.05. The lowest BCUT2D eigenvalue weighted by Crippen LogP contribution is -2.44. The highest BCUT2D eigenvalue weighted by Crippen LogP contribution is 2.20. The second-order valence-corrected chi connectivity index (χ2v) is 6.21. The van der Waals surface area contributed by atoms with Gasteiger partial charge in [-0.1, -0.05) is 30.3 Å². The third-order valence-electron chi connectivity index (χ3n) is 4.52. The third kappa shape index (κ3) is 3.85. The van der Waals surface area contributed by atoms with E-state index in [1.165, 1.54) is 6.42 Å². The van der Waals surface area contributed by atoms with Gasteiger partial charge in [0.25, 0.3) is 0 Å². The van der Waals surface area contributed by atoms with Crippen LogP contribution >= 0.6 is 0 Å². The first-order chi connectivity index (χ1) is 10.7. The zero-order valence-electron chi connectivity index (χ0n) is 12.8. The zero-order chi connectivity index (χ0) is 15.4. The molecule has 2 bridgehead atoms. The molecule has 1 aromatic rings. The van der Waals surface area contributed by atoms with Crippen molar-refractivity contribution in [2.75, 3.05) is 19.6 Å². The van der Waals surface area contributed by atoms with E-state index < -0.39 is 0 Å². The second kappa shape index (κ2) is 6.92. The van der Waals surface area contributed by atoms with Gasteiger partial charge in [-0.2, -0.15) is 0 Å². The summed E-state index contributed by atoms with van der Waals surface area (Å²) in [6.45, 7) is 1.66. The number of hydrogen-bond acceptors (Lipinski definition) is 3. The molecule has 5 nitrogen and oxygen atoms in total. The molecule has 118 valence electrons. The number of hydrogen-bond donors (Lipinski definition) is 2. The lowest BCUT2D eigenvalue weighted by Gasteiger charge is -2.24. The normalized spacial score (nSPS) is 23.9. The smallest absolute Gasteiger partial charge is 0.242 e. The monoisotopic (exact) mass is 301 g/mol. The molecule has 3 rings (SSSR count). The molecule has 5 heteroatoms. The van der Waals surface area contributed by atoms with Gasteiger partial charge < -0.3 is 15.5 Å². The number of rotatable bonds is 4. The topological polar surface area (TPSA) is 61.4 Å². The molecule has 0 aliphatic carbocycles. The SMILES string of the molecule is O=C(Cc1ccccc1)NCC(=O)N1CCC2CCC(C1)N2. The molecule has 2 N–H and O–H groups in total. The lowest BCUT2D eigenvalue weighted by atomic mass is 10.1. The maximum atomic E-state index is 12.3. The van der Waals surface area contributed by atoms with E-state index in [1.807, 2.05) is 35.2 Å². The fourth-order valence-electron chi connectivity index (χ4n) is 3.30. The van der Waals surface area contributed by atoms with E-state index in [-0.39, 0.29) is 18.4 Å². The average Bonchev–Trinajstić information content (AvgIpc) is 2.85. The van der Waals surface area contributed by atoms with Crippen LogP contribution in [0, 0.1) is 0 Å². The van der Waals surface area contributed by atoms with Gasteiger partial charge in [-0.15, -0.1) is 0 Å². The summed E-state index contributed by atoms with van der Waals surface area (Å²) < 4.78 is 0. The highest BCUT2D eigenvalue weighted by molar-refractivity contribution is 5.85. The molecule has 2 aliphatic heterocycles. The highest BCUT2D eigenvalue weighted by Gasteiger charge is 2.30. The van der Waals surface area contributed by atoms with Crippen LogP contribution in [0.15, 0.2) is 30.3 Å². The molecule has 0 aromatic heterocycles. The maximum absolute atomic E-state index is 12.3. The van der Waals surface area contributed by atoms with Crippen molar-refractivity contribution in [1.29, 1.82) is 0 Å². The fourth-order valence-corrected chi connectivity index (χ4v) is 3.30. The molecular weight excluding hydrogens is 278 g/mol. The number of benzene rings is 1. The number of nitrogens with zero attached hydrogens (tertiary/aromatic N) is 1. The number of carbonyl (C=O) groups is 2. The number of nitrogens with one attached hydrogen (secondary N) is 2. The van der Waals surface area contributed by atoms with Gasteiger partial charge in [0.15, 0.2) is 0 Å². The van der Waals surface area contributed by atoms with Gasteiger partial charge in [0.1, 0.15) is 0 Å². The van der Waals surface area contributed by atoms with Crippen LogP contribution in [0.3, 0.4) is 0 Å². The summed E-state index contributed by atoms with van der Waals surface area (Å²) in [7, 11) is 0. The van der Waals surface area contributed by atoms with E-state index in [2.05, 4.69) is 10.6 Å². The molecule has 1 aromatic carbocycles. The predicted octanol–water partition coefficient (Wildman–Crippen LogP) is 0.698. The predicted molar refractivity (Wildman–Crippen MR) is 84.3 cm³/mol. The van der Waals surface area contributed by atoms with E-state index in [0.29, 0.717) is 18.5 Å². The summed E-state index contributed by atoms with van der Waals surface area (Å²) in [6, 6.07) is 10.6.